The van der Waals surface area contributed by atoms with Gasteiger partial charge >= 0.3 is 0 Å². The predicted molar refractivity (Wildman–Crippen MR) is 62.1 cm³/mol. The lowest BCUT2D eigenvalue weighted by Crippen LogP contribution is -2.22. The summed E-state index contributed by atoms with van der Waals surface area (Å²) in [6, 6.07) is 1.53. The first kappa shape index (κ1) is 12.2. The van der Waals surface area contributed by atoms with Crippen LogP contribution in [0.2, 0.25) is 0 Å². The van der Waals surface area contributed by atoms with Gasteiger partial charge in [-0.2, -0.15) is 4.37 Å². The number of aromatic nitrogens is 2. The molecule has 0 saturated heterocycles. The highest BCUT2D eigenvalue weighted by molar-refractivity contribution is 7.91. The smallest absolute Gasteiger partial charge is 0.252 e. The van der Waals surface area contributed by atoms with Gasteiger partial charge in [0.05, 0.1) is 17.9 Å². The maximum absolute atomic E-state index is 11.8. The summed E-state index contributed by atoms with van der Waals surface area (Å²) in [5.41, 5.74) is 1.36. The summed E-state index contributed by atoms with van der Waals surface area (Å²) < 4.78 is 35.3. The molecule has 6 nitrogen and oxygen atoms in total. The van der Waals surface area contributed by atoms with Crippen molar-refractivity contribution in [3.63, 3.8) is 0 Å². The molecular weight excluding hydrogens is 262 g/mol. The summed E-state index contributed by atoms with van der Waals surface area (Å²) in [7, 11) is -3.51. The molecule has 0 aliphatic carbocycles. The normalized spacial score (nSPS) is 11.9. The zero-order valence-corrected chi connectivity index (χ0v) is 10.9. The van der Waals surface area contributed by atoms with Gasteiger partial charge in [0.25, 0.3) is 10.0 Å². The van der Waals surface area contributed by atoms with E-state index >= 15 is 0 Å². The SMILES string of the molecule is Cc1cc(S(=O)(=O)NCc2ocnc2C)sn1. The molecule has 0 aliphatic rings. The Morgan fingerprint density at radius 1 is 1.47 bits per heavy atom. The van der Waals surface area contributed by atoms with Gasteiger partial charge in [-0.15, -0.1) is 0 Å². The average molecular weight is 273 g/mol. The van der Waals surface area contributed by atoms with Crippen molar-refractivity contribution in [2.24, 2.45) is 0 Å². The minimum Gasteiger partial charge on any atom is -0.447 e. The van der Waals surface area contributed by atoms with E-state index in [4.69, 9.17) is 4.42 Å². The fourth-order valence-corrected chi connectivity index (χ4v) is 3.17. The Balaban J connectivity index is 2.11. The molecule has 17 heavy (non-hydrogen) atoms. The maximum Gasteiger partial charge on any atom is 0.252 e. The summed E-state index contributed by atoms with van der Waals surface area (Å²) in [6.45, 7) is 3.59. The summed E-state index contributed by atoms with van der Waals surface area (Å²) in [6.07, 6.45) is 1.29. The van der Waals surface area contributed by atoms with Crippen molar-refractivity contribution >= 4 is 21.6 Å². The molecule has 1 N–H and O–H groups in total. The molecule has 0 saturated carbocycles. The van der Waals surface area contributed by atoms with Gasteiger partial charge in [-0.25, -0.2) is 18.1 Å². The van der Waals surface area contributed by atoms with Gasteiger partial charge in [0.15, 0.2) is 10.6 Å². The van der Waals surface area contributed by atoms with Gasteiger partial charge in [0, 0.05) is 0 Å². The minimum atomic E-state index is -3.51. The largest absolute Gasteiger partial charge is 0.447 e. The zero-order valence-electron chi connectivity index (χ0n) is 9.30. The van der Waals surface area contributed by atoms with Gasteiger partial charge in [-0.3, -0.25) is 0 Å². The molecule has 0 radical (unpaired) electrons. The third kappa shape index (κ3) is 2.71. The third-order valence-corrected chi connectivity index (χ3v) is 4.87. The van der Waals surface area contributed by atoms with E-state index in [2.05, 4.69) is 14.1 Å². The van der Waals surface area contributed by atoms with E-state index < -0.39 is 10.0 Å². The van der Waals surface area contributed by atoms with E-state index in [-0.39, 0.29) is 10.8 Å². The minimum absolute atomic E-state index is 0.0884. The quantitative estimate of drug-likeness (QED) is 0.905. The number of aryl methyl sites for hydroxylation is 2. The van der Waals surface area contributed by atoms with Crippen LogP contribution >= 0.6 is 11.5 Å². The molecule has 0 amide bonds. The molecule has 2 heterocycles. The number of sulfonamides is 1. The molecule has 0 aromatic carbocycles. The Hall–Kier alpha value is -1.25. The lowest BCUT2D eigenvalue weighted by Gasteiger charge is -2.01. The number of nitrogens with zero attached hydrogens (tertiary/aromatic N) is 2. The Bertz CT molecular complexity index is 615. The molecule has 0 fully saturated rings. The van der Waals surface area contributed by atoms with Crippen LogP contribution in [0, 0.1) is 13.8 Å². The van der Waals surface area contributed by atoms with Crippen LogP contribution in [0.25, 0.3) is 0 Å². The van der Waals surface area contributed by atoms with Gasteiger partial charge in [-0.1, -0.05) is 0 Å². The second kappa shape index (κ2) is 4.55. The predicted octanol–water partition coefficient (Wildman–Crippen LogP) is 1.23. The fraction of sp³-hybridized carbons (Fsp3) is 0.333. The van der Waals surface area contributed by atoms with Crippen LogP contribution in [0.4, 0.5) is 0 Å². The van der Waals surface area contributed by atoms with E-state index in [0.29, 0.717) is 17.1 Å². The monoisotopic (exact) mass is 273 g/mol. The highest BCUT2D eigenvalue weighted by Gasteiger charge is 2.18. The molecular formula is C9H11N3O3S2. The van der Waals surface area contributed by atoms with E-state index in [1.807, 2.05) is 0 Å². The van der Waals surface area contributed by atoms with Crippen LogP contribution in [0.5, 0.6) is 0 Å². The lowest BCUT2D eigenvalue weighted by atomic mass is 10.4. The number of rotatable bonds is 4. The van der Waals surface area contributed by atoms with Gasteiger partial charge in [-0.05, 0) is 31.4 Å². The van der Waals surface area contributed by atoms with Gasteiger partial charge < -0.3 is 4.42 Å². The molecule has 8 heteroatoms. The first-order valence-corrected chi connectivity index (χ1v) is 7.06. The van der Waals surface area contributed by atoms with E-state index in [0.717, 1.165) is 11.5 Å². The van der Waals surface area contributed by atoms with Crippen molar-refractivity contribution in [2.75, 3.05) is 0 Å². The Morgan fingerprint density at radius 2 is 2.24 bits per heavy atom. The standard InChI is InChI=1S/C9H11N3O3S2/c1-6-3-9(16-12-6)17(13,14)11-4-8-7(2)10-5-15-8/h3,5,11H,4H2,1-2H3. The Labute approximate surface area is 103 Å². The third-order valence-electron chi connectivity index (χ3n) is 2.14. The van der Waals surface area contributed by atoms with Crippen LogP contribution in [-0.4, -0.2) is 17.8 Å². The van der Waals surface area contributed by atoms with Crippen LogP contribution in [-0.2, 0) is 16.6 Å². The van der Waals surface area contributed by atoms with Crippen molar-refractivity contribution in [1.29, 1.82) is 0 Å². The van der Waals surface area contributed by atoms with Crippen LogP contribution in [0.3, 0.4) is 0 Å². The summed E-state index contributed by atoms with van der Waals surface area (Å²) >= 11 is 0.951. The molecule has 2 aromatic rings. The van der Waals surface area contributed by atoms with Crippen molar-refractivity contribution < 1.29 is 12.8 Å². The maximum atomic E-state index is 11.8. The van der Waals surface area contributed by atoms with Crippen molar-refractivity contribution in [1.82, 2.24) is 14.1 Å². The Kier molecular flexibility index (Phi) is 3.27. The van der Waals surface area contributed by atoms with E-state index in [1.54, 1.807) is 13.8 Å². The van der Waals surface area contributed by atoms with E-state index in [9.17, 15) is 8.42 Å². The van der Waals surface area contributed by atoms with Crippen molar-refractivity contribution in [3.8, 4) is 0 Å². The van der Waals surface area contributed by atoms with E-state index in [1.165, 1.54) is 12.5 Å². The second-order valence-electron chi connectivity index (χ2n) is 3.47. The second-order valence-corrected chi connectivity index (χ2v) is 6.27. The number of oxazole rings is 1. The number of hydrogen-bond donors (Lipinski definition) is 1. The number of nitrogens with one attached hydrogen (secondary N) is 1. The summed E-state index contributed by atoms with van der Waals surface area (Å²) in [4.78, 5) is 3.88. The molecule has 92 valence electrons. The highest BCUT2D eigenvalue weighted by Crippen LogP contribution is 2.16. The van der Waals surface area contributed by atoms with Crippen molar-refractivity contribution in [3.05, 3.63) is 29.6 Å². The Morgan fingerprint density at radius 3 is 2.76 bits per heavy atom. The van der Waals surface area contributed by atoms with Crippen LogP contribution < -0.4 is 4.72 Å². The molecule has 0 atom stereocenters. The van der Waals surface area contributed by atoms with Crippen molar-refractivity contribution in [2.45, 2.75) is 24.6 Å². The topological polar surface area (TPSA) is 85.1 Å². The summed E-state index contributed by atoms with van der Waals surface area (Å²) in [5, 5.41) is 0. The van der Waals surface area contributed by atoms with Crippen LogP contribution in [0.15, 0.2) is 21.1 Å². The summed E-state index contributed by atoms with van der Waals surface area (Å²) in [5.74, 6) is 0.509. The molecule has 2 rings (SSSR count). The molecule has 0 bridgehead atoms. The fourth-order valence-electron chi connectivity index (χ4n) is 1.19. The lowest BCUT2D eigenvalue weighted by molar-refractivity contribution is 0.492. The first-order chi connectivity index (χ1) is 7.99. The van der Waals surface area contributed by atoms with Gasteiger partial charge in [0.1, 0.15) is 5.76 Å². The first-order valence-electron chi connectivity index (χ1n) is 4.81. The zero-order chi connectivity index (χ0) is 12.5. The number of hydrogen-bond acceptors (Lipinski definition) is 6. The molecule has 0 spiro atoms. The van der Waals surface area contributed by atoms with Crippen LogP contribution in [0.1, 0.15) is 17.1 Å². The molecule has 0 unspecified atom stereocenters. The molecule has 2 aromatic heterocycles. The highest BCUT2D eigenvalue weighted by atomic mass is 32.2. The van der Waals surface area contributed by atoms with Gasteiger partial charge in [0.2, 0.25) is 0 Å². The molecule has 0 aliphatic heterocycles. The average Bonchev–Trinajstić information content (AvgIpc) is 2.85.